The first-order valence-corrected chi connectivity index (χ1v) is 6.28. The Morgan fingerprint density at radius 1 is 1.20 bits per heavy atom. The molecule has 0 saturated carbocycles. The van der Waals surface area contributed by atoms with Gasteiger partial charge in [0.2, 0.25) is 0 Å². The summed E-state index contributed by atoms with van der Waals surface area (Å²) in [4.78, 5) is 4.47. The van der Waals surface area contributed by atoms with E-state index in [0.717, 1.165) is 36.4 Å². The van der Waals surface area contributed by atoms with Gasteiger partial charge in [-0.2, -0.15) is 5.26 Å². The Balaban J connectivity index is 2.17. The molecular weight excluding hydrogens is 260 g/mol. The summed E-state index contributed by atoms with van der Waals surface area (Å²) in [6, 6.07) is 7.41. The van der Waals surface area contributed by atoms with E-state index < -0.39 is 11.6 Å². The highest BCUT2D eigenvalue weighted by molar-refractivity contribution is 5.67. The maximum absolute atomic E-state index is 13.3. The summed E-state index contributed by atoms with van der Waals surface area (Å²) in [6.07, 6.45) is 0.762. The van der Waals surface area contributed by atoms with Crippen LogP contribution in [-0.4, -0.2) is 11.5 Å². The van der Waals surface area contributed by atoms with Crippen LogP contribution in [0.25, 0.3) is 11.3 Å². The highest BCUT2D eigenvalue weighted by atomic mass is 19.2. The number of pyridine rings is 1. The lowest BCUT2D eigenvalue weighted by Gasteiger charge is -2.18. The van der Waals surface area contributed by atoms with Gasteiger partial charge in [-0.05, 0) is 29.8 Å². The number of nitrogens with zero attached hydrogens (tertiary/aromatic N) is 2. The lowest BCUT2D eigenvalue weighted by atomic mass is 10.00. The van der Waals surface area contributed by atoms with Gasteiger partial charge in [-0.3, -0.25) is 4.98 Å². The van der Waals surface area contributed by atoms with Crippen molar-refractivity contribution in [2.45, 2.75) is 13.0 Å². The number of nitrogens with one attached hydrogen (secondary N) is 1. The number of hydrogen-bond acceptors (Lipinski definition) is 3. The molecule has 1 aromatic carbocycles. The molecule has 1 aliphatic rings. The molecule has 1 aromatic heterocycles. The number of hydrogen-bond donors (Lipinski definition) is 1. The van der Waals surface area contributed by atoms with Gasteiger partial charge in [-0.15, -0.1) is 0 Å². The van der Waals surface area contributed by atoms with Crippen molar-refractivity contribution in [1.82, 2.24) is 10.3 Å². The molecule has 2 heterocycles. The van der Waals surface area contributed by atoms with Gasteiger partial charge in [0.1, 0.15) is 6.07 Å². The molecule has 0 radical (unpaired) electrons. The topological polar surface area (TPSA) is 48.7 Å². The van der Waals surface area contributed by atoms with Crippen LogP contribution < -0.4 is 5.32 Å². The van der Waals surface area contributed by atoms with Crippen LogP contribution in [0.3, 0.4) is 0 Å². The molecule has 1 N–H and O–H groups in total. The molecule has 1 aliphatic heterocycles. The van der Waals surface area contributed by atoms with Crippen LogP contribution in [-0.2, 0) is 13.0 Å². The van der Waals surface area contributed by atoms with Crippen molar-refractivity contribution in [2.24, 2.45) is 0 Å². The van der Waals surface area contributed by atoms with E-state index in [9.17, 15) is 14.0 Å². The molecule has 3 nitrogen and oxygen atoms in total. The fourth-order valence-corrected chi connectivity index (χ4v) is 2.34. The van der Waals surface area contributed by atoms with Crippen LogP contribution in [0.4, 0.5) is 8.78 Å². The largest absolute Gasteiger partial charge is 0.312 e. The molecule has 0 aliphatic carbocycles. The first-order valence-electron chi connectivity index (χ1n) is 6.28. The number of rotatable bonds is 1. The number of aromatic nitrogens is 1. The fraction of sp³-hybridized carbons (Fsp3) is 0.200. The van der Waals surface area contributed by atoms with Gasteiger partial charge in [0.15, 0.2) is 11.6 Å². The quantitative estimate of drug-likeness (QED) is 0.867. The summed E-state index contributed by atoms with van der Waals surface area (Å²) in [5.74, 6) is -1.85. The molecule has 20 heavy (non-hydrogen) atoms. The van der Waals surface area contributed by atoms with Crippen LogP contribution in [0.5, 0.6) is 0 Å². The Kier molecular flexibility index (Phi) is 3.17. The van der Waals surface area contributed by atoms with E-state index >= 15 is 0 Å². The molecule has 0 spiro atoms. The average Bonchev–Trinajstić information content (AvgIpc) is 2.48. The van der Waals surface area contributed by atoms with Crippen molar-refractivity contribution in [2.75, 3.05) is 6.54 Å². The van der Waals surface area contributed by atoms with E-state index in [-0.39, 0.29) is 0 Å². The number of halogens is 2. The van der Waals surface area contributed by atoms with Crippen LogP contribution in [0.2, 0.25) is 0 Å². The highest BCUT2D eigenvalue weighted by Gasteiger charge is 2.16. The molecule has 0 fully saturated rings. The fourth-order valence-electron chi connectivity index (χ4n) is 2.34. The third-order valence-electron chi connectivity index (χ3n) is 3.36. The third kappa shape index (κ3) is 2.15. The SMILES string of the molecule is N#Cc1cc2c(nc1-c1ccc(F)c(F)c1)CCNC2. The van der Waals surface area contributed by atoms with Crippen molar-refractivity contribution in [3.63, 3.8) is 0 Å². The number of fused-ring (bicyclic) bond motifs is 1. The summed E-state index contributed by atoms with van der Waals surface area (Å²) in [6.45, 7) is 1.50. The van der Waals surface area contributed by atoms with Crippen molar-refractivity contribution >= 4 is 0 Å². The zero-order valence-corrected chi connectivity index (χ0v) is 10.6. The van der Waals surface area contributed by atoms with Gasteiger partial charge in [0, 0.05) is 30.8 Å². The van der Waals surface area contributed by atoms with Gasteiger partial charge in [0.05, 0.1) is 11.3 Å². The second-order valence-electron chi connectivity index (χ2n) is 4.66. The predicted molar refractivity (Wildman–Crippen MR) is 69.7 cm³/mol. The zero-order chi connectivity index (χ0) is 14.1. The Morgan fingerprint density at radius 3 is 2.80 bits per heavy atom. The maximum Gasteiger partial charge on any atom is 0.159 e. The van der Waals surface area contributed by atoms with Gasteiger partial charge in [0.25, 0.3) is 0 Å². The standard InChI is InChI=1S/C15H11F2N3/c16-12-2-1-9(6-13(12)17)15-10(7-18)5-11-8-19-4-3-14(11)20-15/h1-2,5-6,19H,3-4,8H2. The Hall–Kier alpha value is -2.32. The summed E-state index contributed by atoms with van der Waals surface area (Å²) < 4.78 is 26.3. The summed E-state index contributed by atoms with van der Waals surface area (Å²) >= 11 is 0. The molecule has 2 aromatic rings. The van der Waals surface area contributed by atoms with Gasteiger partial charge in [-0.1, -0.05) is 0 Å². The minimum Gasteiger partial charge on any atom is -0.312 e. The predicted octanol–water partition coefficient (Wildman–Crippen LogP) is 2.54. The van der Waals surface area contributed by atoms with Gasteiger partial charge in [-0.25, -0.2) is 8.78 Å². The van der Waals surface area contributed by atoms with Gasteiger partial charge >= 0.3 is 0 Å². The van der Waals surface area contributed by atoms with E-state index in [4.69, 9.17) is 0 Å². The molecule has 0 bridgehead atoms. The van der Waals surface area contributed by atoms with Crippen molar-refractivity contribution < 1.29 is 8.78 Å². The lowest BCUT2D eigenvalue weighted by Crippen LogP contribution is -2.25. The molecule has 3 rings (SSSR count). The average molecular weight is 271 g/mol. The Bertz CT molecular complexity index is 720. The van der Waals surface area contributed by atoms with E-state index in [1.54, 1.807) is 6.07 Å². The normalized spacial score (nSPS) is 13.7. The van der Waals surface area contributed by atoms with Crippen LogP contribution in [0.1, 0.15) is 16.8 Å². The molecule has 0 atom stereocenters. The highest BCUT2D eigenvalue weighted by Crippen LogP contribution is 2.26. The molecule has 0 amide bonds. The van der Waals surface area contributed by atoms with E-state index in [0.29, 0.717) is 23.4 Å². The monoisotopic (exact) mass is 271 g/mol. The van der Waals surface area contributed by atoms with Crippen LogP contribution in [0, 0.1) is 23.0 Å². The first-order chi connectivity index (χ1) is 9.69. The lowest BCUT2D eigenvalue weighted by molar-refractivity contribution is 0.509. The van der Waals surface area contributed by atoms with Gasteiger partial charge < -0.3 is 5.32 Å². The maximum atomic E-state index is 13.3. The number of benzene rings is 1. The minimum atomic E-state index is -0.937. The molecule has 100 valence electrons. The third-order valence-corrected chi connectivity index (χ3v) is 3.36. The van der Waals surface area contributed by atoms with E-state index in [1.807, 2.05) is 0 Å². The summed E-state index contributed by atoms with van der Waals surface area (Å²) in [5, 5.41) is 12.4. The minimum absolute atomic E-state index is 0.374. The first kappa shape index (κ1) is 12.7. The molecule has 0 saturated heterocycles. The molecule has 0 unspecified atom stereocenters. The Labute approximate surface area is 114 Å². The summed E-state index contributed by atoms with van der Waals surface area (Å²) in [5.41, 5.74) is 3.09. The van der Waals surface area contributed by atoms with Crippen molar-refractivity contribution in [3.05, 3.63) is 52.7 Å². The van der Waals surface area contributed by atoms with E-state index in [2.05, 4.69) is 16.4 Å². The second kappa shape index (κ2) is 4.99. The molecular formula is C15H11F2N3. The number of nitriles is 1. The van der Waals surface area contributed by atoms with Crippen LogP contribution in [0.15, 0.2) is 24.3 Å². The van der Waals surface area contributed by atoms with Crippen molar-refractivity contribution in [3.8, 4) is 17.3 Å². The molecule has 5 heteroatoms. The second-order valence-corrected chi connectivity index (χ2v) is 4.66. The van der Waals surface area contributed by atoms with E-state index in [1.165, 1.54) is 6.07 Å². The summed E-state index contributed by atoms with van der Waals surface area (Å²) in [7, 11) is 0. The zero-order valence-electron chi connectivity index (χ0n) is 10.6. The van der Waals surface area contributed by atoms with Crippen molar-refractivity contribution in [1.29, 1.82) is 5.26 Å². The smallest absolute Gasteiger partial charge is 0.159 e. The Morgan fingerprint density at radius 2 is 2.05 bits per heavy atom. The van der Waals surface area contributed by atoms with Crippen LogP contribution >= 0.6 is 0 Å².